The second kappa shape index (κ2) is 5.50. The quantitative estimate of drug-likeness (QED) is 0.751. The molecule has 0 saturated carbocycles. The number of fused-ring (bicyclic) bond motifs is 1. The molecule has 1 unspecified atom stereocenters. The minimum absolute atomic E-state index is 0.162. The van der Waals surface area contributed by atoms with E-state index in [1.165, 1.54) is 6.20 Å². The Bertz CT molecular complexity index is 857. The summed E-state index contributed by atoms with van der Waals surface area (Å²) >= 11 is 0. The van der Waals surface area contributed by atoms with Crippen molar-refractivity contribution in [3.8, 4) is 11.1 Å². The summed E-state index contributed by atoms with van der Waals surface area (Å²) in [5.41, 5.74) is 8.75. The number of nitrogens with two attached hydrogens (primary N) is 1. The molecule has 3 aromatic heterocycles. The molecule has 3 aromatic rings. The van der Waals surface area contributed by atoms with Crippen molar-refractivity contribution in [3.63, 3.8) is 0 Å². The minimum atomic E-state index is -0.162. The van der Waals surface area contributed by atoms with Gasteiger partial charge in [0, 0.05) is 23.9 Å². The fraction of sp³-hybridized carbons (Fsp3) is 0.267. The van der Waals surface area contributed by atoms with Crippen molar-refractivity contribution in [3.05, 3.63) is 42.1 Å². The molecule has 7 nitrogen and oxygen atoms in total. The molecule has 0 amide bonds. The normalized spacial score (nSPS) is 12.4. The van der Waals surface area contributed by atoms with Crippen LogP contribution in [0.2, 0.25) is 0 Å². The van der Waals surface area contributed by atoms with Gasteiger partial charge in [0.2, 0.25) is 5.69 Å². The third kappa shape index (κ3) is 2.19. The van der Waals surface area contributed by atoms with E-state index in [1.54, 1.807) is 21.5 Å². The van der Waals surface area contributed by atoms with Crippen molar-refractivity contribution < 1.29 is 4.74 Å². The van der Waals surface area contributed by atoms with Crippen LogP contribution in [0.15, 0.2) is 30.7 Å². The third-order valence-corrected chi connectivity index (χ3v) is 3.48. The van der Waals surface area contributed by atoms with Crippen LogP contribution in [-0.4, -0.2) is 26.0 Å². The Hall–Kier alpha value is -2.85. The van der Waals surface area contributed by atoms with Crippen molar-refractivity contribution in [2.45, 2.75) is 20.1 Å². The Morgan fingerprint density at radius 3 is 2.91 bits per heavy atom. The Kier molecular flexibility index (Phi) is 3.53. The van der Waals surface area contributed by atoms with E-state index >= 15 is 0 Å². The molecule has 0 aliphatic carbocycles. The van der Waals surface area contributed by atoms with Crippen LogP contribution in [0.25, 0.3) is 21.5 Å². The second-order valence-corrected chi connectivity index (χ2v) is 4.84. The Labute approximate surface area is 127 Å². The fourth-order valence-corrected chi connectivity index (χ4v) is 2.43. The molecular weight excluding hydrogens is 280 g/mol. The highest BCUT2D eigenvalue weighted by Gasteiger charge is 2.16. The highest BCUT2D eigenvalue weighted by atomic mass is 16.5. The predicted molar refractivity (Wildman–Crippen MR) is 83.4 cm³/mol. The zero-order chi connectivity index (χ0) is 15.7. The summed E-state index contributed by atoms with van der Waals surface area (Å²) in [5.74, 6) is 0.530. The van der Waals surface area contributed by atoms with E-state index in [0.717, 1.165) is 16.6 Å². The molecule has 0 aliphatic heterocycles. The fourth-order valence-electron chi connectivity index (χ4n) is 2.43. The molecule has 112 valence electrons. The lowest BCUT2D eigenvalue weighted by atomic mass is 10.1. The van der Waals surface area contributed by atoms with Gasteiger partial charge >= 0.3 is 0 Å². The van der Waals surface area contributed by atoms with Crippen LogP contribution in [0.1, 0.15) is 20.1 Å². The van der Waals surface area contributed by atoms with Crippen LogP contribution in [0, 0.1) is 6.57 Å². The number of hydrogen-bond donors (Lipinski definition) is 1. The molecule has 0 bridgehead atoms. The third-order valence-electron chi connectivity index (χ3n) is 3.48. The number of rotatable bonds is 4. The molecule has 3 rings (SSSR count). The molecular formula is C15H16N6O. The van der Waals surface area contributed by atoms with E-state index < -0.39 is 0 Å². The van der Waals surface area contributed by atoms with Crippen molar-refractivity contribution in [2.24, 2.45) is 0 Å². The molecule has 7 heteroatoms. The summed E-state index contributed by atoms with van der Waals surface area (Å²) in [6.45, 7) is 11.8. The molecule has 22 heavy (non-hydrogen) atoms. The molecule has 1 atom stereocenters. The van der Waals surface area contributed by atoms with Gasteiger partial charge in [-0.1, -0.05) is 0 Å². The summed E-state index contributed by atoms with van der Waals surface area (Å²) < 4.78 is 8.88. The molecule has 0 radical (unpaired) electrons. The first kappa shape index (κ1) is 14.1. The largest absolute Gasteiger partial charge is 0.384 e. The maximum atomic E-state index is 7.37. The average molecular weight is 296 g/mol. The Morgan fingerprint density at radius 2 is 2.18 bits per heavy atom. The van der Waals surface area contributed by atoms with E-state index in [4.69, 9.17) is 17.0 Å². The number of nitrogens with zero attached hydrogens (tertiary/aromatic N) is 5. The standard InChI is InChI=1S/C15H16N6O/c1-4-22-10(2)20-9-11(7-18-20)15-12(17-3)8-19-21-13(15)5-6-14(21)16/h5-10H,4,16H2,1-2H3. The Morgan fingerprint density at radius 1 is 1.36 bits per heavy atom. The van der Waals surface area contributed by atoms with Gasteiger partial charge in [-0.2, -0.15) is 10.2 Å². The minimum Gasteiger partial charge on any atom is -0.384 e. The predicted octanol–water partition coefficient (Wildman–Crippen LogP) is 2.89. The maximum absolute atomic E-state index is 7.37. The summed E-state index contributed by atoms with van der Waals surface area (Å²) in [6, 6.07) is 3.63. The lowest BCUT2D eigenvalue weighted by Crippen LogP contribution is -2.09. The number of nitrogen functional groups attached to an aromatic ring is 1. The highest BCUT2D eigenvalue weighted by Crippen LogP contribution is 2.35. The Balaban J connectivity index is 2.15. The van der Waals surface area contributed by atoms with Gasteiger partial charge in [-0.3, -0.25) is 0 Å². The van der Waals surface area contributed by atoms with Gasteiger partial charge in [0.05, 0.1) is 24.5 Å². The summed E-state index contributed by atoms with van der Waals surface area (Å²) in [6.07, 6.45) is 4.95. The summed E-state index contributed by atoms with van der Waals surface area (Å²) in [4.78, 5) is 3.56. The first-order valence-corrected chi connectivity index (χ1v) is 6.95. The van der Waals surface area contributed by atoms with Crippen molar-refractivity contribution >= 4 is 17.0 Å². The molecule has 0 aliphatic rings. The van der Waals surface area contributed by atoms with E-state index in [1.807, 2.05) is 26.1 Å². The summed E-state index contributed by atoms with van der Waals surface area (Å²) in [5, 5.41) is 8.52. The van der Waals surface area contributed by atoms with Crippen LogP contribution < -0.4 is 5.73 Å². The van der Waals surface area contributed by atoms with E-state index in [-0.39, 0.29) is 6.23 Å². The van der Waals surface area contributed by atoms with Crippen LogP contribution in [0.4, 0.5) is 11.5 Å². The smallest absolute Gasteiger partial charge is 0.216 e. The van der Waals surface area contributed by atoms with Gasteiger partial charge in [0.15, 0.2) is 0 Å². The maximum Gasteiger partial charge on any atom is 0.216 e. The lowest BCUT2D eigenvalue weighted by Gasteiger charge is -2.11. The zero-order valence-electron chi connectivity index (χ0n) is 12.4. The van der Waals surface area contributed by atoms with Crippen molar-refractivity contribution in [2.75, 3.05) is 12.3 Å². The van der Waals surface area contributed by atoms with Gasteiger partial charge in [0.25, 0.3) is 0 Å². The van der Waals surface area contributed by atoms with Crippen LogP contribution in [0.3, 0.4) is 0 Å². The second-order valence-electron chi connectivity index (χ2n) is 4.84. The molecule has 0 aromatic carbocycles. The first-order chi connectivity index (χ1) is 10.7. The van der Waals surface area contributed by atoms with Crippen LogP contribution >= 0.6 is 0 Å². The topological polar surface area (TPSA) is 74.7 Å². The zero-order valence-corrected chi connectivity index (χ0v) is 12.4. The van der Waals surface area contributed by atoms with Gasteiger partial charge in [-0.25, -0.2) is 14.0 Å². The number of anilines is 1. The monoisotopic (exact) mass is 296 g/mol. The van der Waals surface area contributed by atoms with Gasteiger partial charge < -0.3 is 10.5 Å². The van der Waals surface area contributed by atoms with Crippen molar-refractivity contribution in [1.29, 1.82) is 0 Å². The van der Waals surface area contributed by atoms with Crippen LogP contribution in [-0.2, 0) is 4.74 Å². The molecule has 2 N–H and O–H groups in total. The highest BCUT2D eigenvalue weighted by molar-refractivity contribution is 5.90. The van der Waals surface area contributed by atoms with Gasteiger partial charge in [-0.15, -0.1) is 0 Å². The van der Waals surface area contributed by atoms with Crippen molar-refractivity contribution in [1.82, 2.24) is 19.4 Å². The number of aromatic nitrogens is 4. The molecule has 3 heterocycles. The molecule has 0 fully saturated rings. The van der Waals surface area contributed by atoms with Gasteiger partial charge in [0.1, 0.15) is 12.0 Å². The van der Waals surface area contributed by atoms with Crippen LogP contribution in [0.5, 0.6) is 0 Å². The van der Waals surface area contributed by atoms with E-state index in [9.17, 15) is 0 Å². The van der Waals surface area contributed by atoms with E-state index in [0.29, 0.717) is 18.1 Å². The van der Waals surface area contributed by atoms with Gasteiger partial charge in [-0.05, 0) is 26.0 Å². The first-order valence-electron chi connectivity index (χ1n) is 6.95. The SMILES string of the molecule is [C-]#[N+]c1cnn2c(N)ccc2c1-c1cnn(C(C)OCC)c1. The average Bonchev–Trinajstić information content (AvgIpc) is 3.14. The molecule has 0 spiro atoms. The number of ether oxygens (including phenoxy) is 1. The van der Waals surface area contributed by atoms with E-state index in [2.05, 4.69) is 15.0 Å². The lowest BCUT2D eigenvalue weighted by molar-refractivity contribution is 0.0160. The number of hydrogen-bond acceptors (Lipinski definition) is 4. The molecule has 0 saturated heterocycles. The summed E-state index contributed by atoms with van der Waals surface area (Å²) in [7, 11) is 0.